The van der Waals surface area contributed by atoms with Crippen molar-refractivity contribution >= 4 is 5.91 Å². The highest BCUT2D eigenvalue weighted by Crippen LogP contribution is 2.31. The van der Waals surface area contributed by atoms with Crippen molar-refractivity contribution < 1.29 is 14.6 Å². The van der Waals surface area contributed by atoms with Gasteiger partial charge in [0.25, 0.3) is 0 Å². The van der Waals surface area contributed by atoms with Crippen LogP contribution in [0.4, 0.5) is 0 Å². The third kappa shape index (κ3) is 3.19. The summed E-state index contributed by atoms with van der Waals surface area (Å²) in [4.78, 5) is 14.3. The summed E-state index contributed by atoms with van der Waals surface area (Å²) in [5, 5.41) is 9.04. The van der Waals surface area contributed by atoms with Crippen LogP contribution in [0.5, 0.6) is 0 Å². The maximum atomic E-state index is 12.4. The van der Waals surface area contributed by atoms with Crippen LogP contribution >= 0.6 is 0 Å². The van der Waals surface area contributed by atoms with Crippen LogP contribution in [0.15, 0.2) is 0 Å². The lowest BCUT2D eigenvalue weighted by molar-refractivity contribution is -0.139. The predicted octanol–water partition coefficient (Wildman–Crippen LogP) is 1.03. The molecule has 1 unspecified atom stereocenters. The zero-order valence-electron chi connectivity index (χ0n) is 10.6. The Morgan fingerprint density at radius 3 is 2.53 bits per heavy atom. The van der Waals surface area contributed by atoms with Crippen LogP contribution in [0.25, 0.3) is 0 Å². The van der Waals surface area contributed by atoms with E-state index in [4.69, 9.17) is 9.84 Å². The average Bonchev–Trinajstić information content (AvgIpc) is 3.19. The van der Waals surface area contributed by atoms with Crippen molar-refractivity contribution in [3.8, 4) is 0 Å². The lowest BCUT2D eigenvalue weighted by atomic mass is 9.86. The van der Waals surface area contributed by atoms with E-state index >= 15 is 0 Å². The molecule has 1 N–H and O–H groups in total. The van der Waals surface area contributed by atoms with Gasteiger partial charge in [-0.2, -0.15) is 0 Å². The maximum absolute atomic E-state index is 12.4. The van der Waals surface area contributed by atoms with E-state index in [-0.39, 0.29) is 18.4 Å². The van der Waals surface area contributed by atoms with Gasteiger partial charge in [0, 0.05) is 31.7 Å². The molecule has 1 atom stereocenters. The van der Waals surface area contributed by atoms with Gasteiger partial charge in [0.05, 0.1) is 6.61 Å². The van der Waals surface area contributed by atoms with Crippen LogP contribution in [0, 0.1) is 11.8 Å². The van der Waals surface area contributed by atoms with Crippen molar-refractivity contribution in [3.05, 3.63) is 0 Å². The van der Waals surface area contributed by atoms with Gasteiger partial charge in [-0.25, -0.2) is 0 Å². The Morgan fingerprint density at radius 2 is 2.00 bits per heavy atom. The van der Waals surface area contributed by atoms with E-state index in [2.05, 4.69) is 0 Å². The van der Waals surface area contributed by atoms with Crippen LogP contribution in [0.1, 0.15) is 32.6 Å². The molecule has 0 radical (unpaired) electrons. The summed E-state index contributed by atoms with van der Waals surface area (Å²) < 4.78 is 5.33. The molecule has 1 saturated heterocycles. The number of aliphatic hydroxyl groups excluding tert-OH is 1. The molecule has 2 fully saturated rings. The number of carbonyl (C=O) groups excluding carboxylic acids is 1. The average molecular weight is 241 g/mol. The standard InChI is InChI=1S/C13H23NO3/c1-10(11-4-8-17-9-5-11)13(16)14(6-7-15)12-2-3-12/h10-12,15H,2-9H2,1H3. The van der Waals surface area contributed by atoms with Gasteiger partial charge < -0.3 is 14.7 Å². The van der Waals surface area contributed by atoms with Crippen molar-refractivity contribution in [2.45, 2.75) is 38.6 Å². The summed E-state index contributed by atoms with van der Waals surface area (Å²) in [6.45, 7) is 4.17. The number of hydrogen-bond donors (Lipinski definition) is 1. The number of rotatable bonds is 5. The Bertz CT molecular complexity index is 259. The molecule has 1 amide bonds. The van der Waals surface area contributed by atoms with Crippen LogP contribution in [-0.4, -0.2) is 48.3 Å². The summed E-state index contributed by atoms with van der Waals surface area (Å²) in [6.07, 6.45) is 4.19. The molecule has 1 heterocycles. The van der Waals surface area contributed by atoms with Crippen LogP contribution in [0.3, 0.4) is 0 Å². The van der Waals surface area contributed by atoms with Gasteiger partial charge in [0.15, 0.2) is 0 Å². The molecular formula is C13H23NO3. The molecule has 0 aromatic heterocycles. The molecule has 4 heteroatoms. The van der Waals surface area contributed by atoms with Gasteiger partial charge in [-0.15, -0.1) is 0 Å². The molecule has 4 nitrogen and oxygen atoms in total. The summed E-state index contributed by atoms with van der Waals surface area (Å²) in [7, 11) is 0. The zero-order valence-corrected chi connectivity index (χ0v) is 10.6. The highest BCUT2D eigenvalue weighted by atomic mass is 16.5. The Hall–Kier alpha value is -0.610. The third-order valence-corrected chi connectivity index (χ3v) is 3.97. The zero-order chi connectivity index (χ0) is 12.3. The second-order valence-electron chi connectivity index (χ2n) is 5.22. The Morgan fingerprint density at radius 1 is 1.35 bits per heavy atom. The van der Waals surface area contributed by atoms with Crippen LogP contribution in [0.2, 0.25) is 0 Å². The number of amides is 1. The first kappa shape index (κ1) is 12.8. The normalized spacial score (nSPS) is 23.4. The number of hydrogen-bond acceptors (Lipinski definition) is 3. The first-order valence-corrected chi connectivity index (χ1v) is 6.73. The fourth-order valence-corrected chi connectivity index (χ4v) is 2.65. The molecule has 1 saturated carbocycles. The number of nitrogens with zero attached hydrogens (tertiary/aromatic N) is 1. The predicted molar refractivity (Wildman–Crippen MR) is 64.5 cm³/mol. The molecule has 2 aliphatic rings. The van der Waals surface area contributed by atoms with Gasteiger partial charge in [-0.05, 0) is 31.6 Å². The molecule has 0 bridgehead atoms. The van der Waals surface area contributed by atoms with Crippen molar-refractivity contribution in [1.29, 1.82) is 0 Å². The number of aliphatic hydroxyl groups is 1. The highest BCUT2D eigenvalue weighted by molar-refractivity contribution is 5.79. The number of carbonyl (C=O) groups is 1. The van der Waals surface area contributed by atoms with Gasteiger partial charge in [-0.1, -0.05) is 6.92 Å². The summed E-state index contributed by atoms with van der Waals surface area (Å²) in [5.74, 6) is 0.760. The van der Waals surface area contributed by atoms with Crippen LogP contribution in [-0.2, 0) is 9.53 Å². The minimum atomic E-state index is 0.0722. The summed E-state index contributed by atoms with van der Waals surface area (Å²) >= 11 is 0. The summed E-state index contributed by atoms with van der Waals surface area (Å²) in [6, 6.07) is 0.400. The monoisotopic (exact) mass is 241 g/mol. The van der Waals surface area contributed by atoms with E-state index in [0.717, 1.165) is 38.9 Å². The molecule has 17 heavy (non-hydrogen) atoms. The molecule has 1 aliphatic heterocycles. The largest absolute Gasteiger partial charge is 0.395 e. The first-order valence-electron chi connectivity index (χ1n) is 6.73. The highest BCUT2D eigenvalue weighted by Gasteiger charge is 2.36. The minimum absolute atomic E-state index is 0.0722. The molecule has 1 aliphatic carbocycles. The van der Waals surface area contributed by atoms with E-state index < -0.39 is 0 Å². The topological polar surface area (TPSA) is 49.8 Å². The maximum Gasteiger partial charge on any atom is 0.226 e. The lowest BCUT2D eigenvalue weighted by Crippen LogP contribution is -2.42. The van der Waals surface area contributed by atoms with E-state index in [1.54, 1.807) is 0 Å². The van der Waals surface area contributed by atoms with E-state index in [0.29, 0.717) is 18.5 Å². The van der Waals surface area contributed by atoms with E-state index in [1.807, 2.05) is 11.8 Å². The molecular weight excluding hydrogens is 218 g/mol. The quantitative estimate of drug-likeness (QED) is 0.782. The van der Waals surface area contributed by atoms with Gasteiger partial charge >= 0.3 is 0 Å². The second-order valence-corrected chi connectivity index (χ2v) is 5.22. The summed E-state index contributed by atoms with van der Waals surface area (Å²) in [5.41, 5.74) is 0. The molecule has 0 aromatic rings. The lowest BCUT2D eigenvalue weighted by Gasteiger charge is -2.31. The van der Waals surface area contributed by atoms with E-state index in [1.165, 1.54) is 0 Å². The van der Waals surface area contributed by atoms with Gasteiger partial charge in [0.1, 0.15) is 0 Å². The van der Waals surface area contributed by atoms with Crippen LogP contribution < -0.4 is 0 Å². The number of ether oxygens (including phenoxy) is 1. The molecule has 2 rings (SSSR count). The van der Waals surface area contributed by atoms with Crippen molar-refractivity contribution in [3.63, 3.8) is 0 Å². The van der Waals surface area contributed by atoms with Gasteiger partial charge in [0.2, 0.25) is 5.91 Å². The third-order valence-electron chi connectivity index (χ3n) is 3.97. The molecule has 0 spiro atoms. The second kappa shape index (κ2) is 5.83. The van der Waals surface area contributed by atoms with Crippen molar-refractivity contribution in [1.82, 2.24) is 4.90 Å². The van der Waals surface area contributed by atoms with Crippen molar-refractivity contribution in [2.75, 3.05) is 26.4 Å². The minimum Gasteiger partial charge on any atom is -0.395 e. The smallest absolute Gasteiger partial charge is 0.226 e. The fraction of sp³-hybridized carbons (Fsp3) is 0.923. The fourth-order valence-electron chi connectivity index (χ4n) is 2.65. The first-order chi connectivity index (χ1) is 8.24. The Kier molecular flexibility index (Phi) is 4.40. The van der Waals surface area contributed by atoms with E-state index in [9.17, 15) is 4.79 Å². The Balaban J connectivity index is 1.91. The van der Waals surface area contributed by atoms with Crippen molar-refractivity contribution in [2.24, 2.45) is 11.8 Å². The molecule has 0 aromatic carbocycles. The van der Waals surface area contributed by atoms with Gasteiger partial charge in [-0.3, -0.25) is 4.79 Å². The molecule has 98 valence electrons. The SMILES string of the molecule is CC(C(=O)N(CCO)C1CC1)C1CCOCC1. The Labute approximate surface area is 103 Å².